The Morgan fingerprint density at radius 2 is 1.87 bits per heavy atom. The molecular formula is C23H22Cl2N4O2. The number of rotatable bonds is 5. The van der Waals surface area contributed by atoms with Gasteiger partial charge in [-0.25, -0.2) is 4.98 Å². The highest BCUT2D eigenvalue weighted by atomic mass is 35.5. The maximum Gasteiger partial charge on any atom is 0.166 e. The number of halogens is 2. The summed E-state index contributed by atoms with van der Waals surface area (Å²) < 4.78 is 6.06. The third-order valence-corrected chi connectivity index (χ3v) is 5.98. The van der Waals surface area contributed by atoms with E-state index in [-0.39, 0.29) is 17.5 Å². The van der Waals surface area contributed by atoms with E-state index in [0.717, 1.165) is 23.4 Å². The maximum absolute atomic E-state index is 11.7. The van der Waals surface area contributed by atoms with Crippen LogP contribution in [0.3, 0.4) is 0 Å². The first kappa shape index (κ1) is 21.6. The van der Waals surface area contributed by atoms with Crippen LogP contribution in [-0.4, -0.2) is 28.8 Å². The molecule has 6 nitrogen and oxygen atoms in total. The molecule has 2 unspecified atom stereocenters. The van der Waals surface area contributed by atoms with Crippen LogP contribution >= 0.6 is 23.2 Å². The van der Waals surface area contributed by atoms with Gasteiger partial charge in [0.1, 0.15) is 11.9 Å². The number of piperidine rings is 1. The molecule has 2 aromatic heterocycles. The van der Waals surface area contributed by atoms with Crippen molar-refractivity contribution in [1.29, 1.82) is 0 Å². The van der Waals surface area contributed by atoms with Crippen LogP contribution in [0.4, 0.5) is 5.82 Å². The largest absolute Gasteiger partial charge is 0.482 e. The molecule has 0 amide bonds. The quantitative estimate of drug-likeness (QED) is 0.571. The van der Waals surface area contributed by atoms with Gasteiger partial charge in [0, 0.05) is 63.7 Å². The molecule has 31 heavy (non-hydrogen) atoms. The summed E-state index contributed by atoms with van der Waals surface area (Å²) in [5.41, 5.74) is 9.33. The van der Waals surface area contributed by atoms with E-state index in [1.165, 1.54) is 0 Å². The van der Waals surface area contributed by atoms with Crippen LogP contribution < -0.4 is 15.8 Å². The molecule has 0 saturated carbocycles. The van der Waals surface area contributed by atoms with E-state index in [4.69, 9.17) is 33.7 Å². The molecule has 1 aliphatic rings. The molecule has 3 heterocycles. The van der Waals surface area contributed by atoms with Crippen molar-refractivity contribution >= 4 is 34.8 Å². The molecule has 1 saturated heterocycles. The van der Waals surface area contributed by atoms with Crippen molar-refractivity contribution in [1.82, 2.24) is 15.3 Å². The minimum absolute atomic E-state index is 0.0972. The van der Waals surface area contributed by atoms with E-state index in [1.54, 1.807) is 30.6 Å². The Morgan fingerprint density at radius 1 is 1.13 bits per heavy atom. The van der Waals surface area contributed by atoms with Crippen LogP contribution in [0.2, 0.25) is 10.0 Å². The van der Waals surface area contributed by atoms with Gasteiger partial charge in [-0.15, -0.1) is 0 Å². The smallest absolute Gasteiger partial charge is 0.166 e. The Morgan fingerprint density at radius 3 is 2.55 bits per heavy atom. The molecule has 1 fully saturated rings. The number of carbonyl (C=O) groups is 1. The standard InChI is InChI=1S/C23H22Cl2N4O2/c1-13(22-18(24)3-2-4-19(22)25)31-21-8-15(11-29-23(21)26)14-5-6-20(28-10-14)16-7-17(30)12-27-9-16/h2-6,8,10-11,13,16,27H,7,9,12H2,1H3,(H2,26,29). The number of ether oxygens (including phenoxy) is 1. The summed E-state index contributed by atoms with van der Waals surface area (Å²) in [7, 11) is 0. The molecule has 8 heteroatoms. The molecule has 2 atom stereocenters. The van der Waals surface area contributed by atoms with Crippen molar-refractivity contribution in [2.75, 3.05) is 18.8 Å². The fourth-order valence-electron chi connectivity index (χ4n) is 3.69. The Balaban J connectivity index is 1.55. The Bertz CT molecular complexity index is 1080. The van der Waals surface area contributed by atoms with Crippen LogP contribution in [-0.2, 0) is 4.79 Å². The minimum Gasteiger partial charge on any atom is -0.482 e. The lowest BCUT2D eigenvalue weighted by atomic mass is 9.94. The lowest BCUT2D eigenvalue weighted by Crippen LogP contribution is -2.35. The summed E-state index contributed by atoms with van der Waals surface area (Å²) in [6.45, 7) is 3.04. The zero-order chi connectivity index (χ0) is 22.0. The topological polar surface area (TPSA) is 90.1 Å². The van der Waals surface area contributed by atoms with Gasteiger partial charge < -0.3 is 15.8 Å². The van der Waals surface area contributed by atoms with E-state index in [1.807, 2.05) is 25.1 Å². The normalized spacial score (nSPS) is 17.4. The number of nitrogens with one attached hydrogen (secondary N) is 1. The molecule has 3 N–H and O–H groups in total. The van der Waals surface area contributed by atoms with Crippen molar-refractivity contribution < 1.29 is 9.53 Å². The van der Waals surface area contributed by atoms with E-state index in [2.05, 4.69) is 15.3 Å². The fourth-order valence-corrected chi connectivity index (χ4v) is 4.39. The average molecular weight is 457 g/mol. The predicted molar refractivity (Wildman–Crippen MR) is 123 cm³/mol. The number of carbonyl (C=O) groups excluding carboxylic acids is 1. The SMILES string of the molecule is CC(Oc1cc(-c2ccc(C3CNCC(=O)C3)nc2)cnc1N)c1c(Cl)cccc1Cl. The highest BCUT2D eigenvalue weighted by Gasteiger charge is 2.22. The van der Waals surface area contributed by atoms with Crippen LogP contribution in [0, 0.1) is 0 Å². The summed E-state index contributed by atoms with van der Waals surface area (Å²) in [6.07, 6.45) is 3.55. The average Bonchev–Trinajstić information content (AvgIpc) is 2.75. The Labute approximate surface area is 190 Å². The summed E-state index contributed by atoms with van der Waals surface area (Å²) in [6, 6.07) is 11.1. The molecule has 0 bridgehead atoms. The molecule has 0 spiro atoms. The minimum atomic E-state index is -0.419. The Kier molecular flexibility index (Phi) is 6.41. The lowest BCUT2D eigenvalue weighted by molar-refractivity contribution is -0.119. The number of Topliss-reactive ketones (excluding diaryl/α,β-unsaturated/α-hetero) is 1. The number of aromatic nitrogens is 2. The lowest BCUT2D eigenvalue weighted by Gasteiger charge is -2.21. The van der Waals surface area contributed by atoms with E-state index in [9.17, 15) is 4.79 Å². The zero-order valence-electron chi connectivity index (χ0n) is 16.9. The first-order valence-electron chi connectivity index (χ1n) is 9.97. The molecule has 0 aliphatic carbocycles. The highest BCUT2D eigenvalue weighted by molar-refractivity contribution is 6.36. The van der Waals surface area contributed by atoms with Gasteiger partial charge in [-0.2, -0.15) is 0 Å². The third kappa shape index (κ3) is 4.82. The van der Waals surface area contributed by atoms with Crippen LogP contribution in [0.1, 0.15) is 36.6 Å². The summed E-state index contributed by atoms with van der Waals surface area (Å²) in [5.74, 6) is 1.02. The van der Waals surface area contributed by atoms with Crippen LogP contribution in [0.15, 0.2) is 48.8 Å². The molecule has 160 valence electrons. The van der Waals surface area contributed by atoms with Gasteiger partial charge in [0.25, 0.3) is 0 Å². The number of hydrogen-bond acceptors (Lipinski definition) is 6. The second-order valence-electron chi connectivity index (χ2n) is 7.55. The van der Waals surface area contributed by atoms with Crippen molar-refractivity contribution in [2.24, 2.45) is 0 Å². The number of hydrogen-bond donors (Lipinski definition) is 2. The monoisotopic (exact) mass is 456 g/mol. The van der Waals surface area contributed by atoms with Crippen molar-refractivity contribution in [3.8, 4) is 16.9 Å². The third-order valence-electron chi connectivity index (χ3n) is 5.32. The summed E-state index contributed by atoms with van der Waals surface area (Å²) >= 11 is 12.6. The van der Waals surface area contributed by atoms with E-state index < -0.39 is 6.10 Å². The van der Waals surface area contributed by atoms with Crippen LogP contribution in [0.25, 0.3) is 11.1 Å². The van der Waals surface area contributed by atoms with Gasteiger partial charge >= 0.3 is 0 Å². The molecular weight excluding hydrogens is 435 g/mol. The first-order valence-corrected chi connectivity index (χ1v) is 10.7. The second kappa shape index (κ2) is 9.22. The second-order valence-corrected chi connectivity index (χ2v) is 8.36. The number of anilines is 1. The number of nitrogen functional groups attached to an aromatic ring is 1. The number of nitrogens with zero attached hydrogens (tertiary/aromatic N) is 2. The highest BCUT2D eigenvalue weighted by Crippen LogP contribution is 2.35. The predicted octanol–water partition coefficient (Wildman–Crippen LogP) is 4.82. The van der Waals surface area contributed by atoms with Crippen molar-refractivity contribution in [2.45, 2.75) is 25.4 Å². The van der Waals surface area contributed by atoms with Gasteiger partial charge in [0.15, 0.2) is 11.6 Å². The van der Waals surface area contributed by atoms with Gasteiger partial charge in [-0.05, 0) is 31.2 Å². The Hall–Kier alpha value is -2.67. The van der Waals surface area contributed by atoms with Gasteiger partial charge in [0.05, 0.1) is 6.54 Å². The number of ketones is 1. The molecule has 1 aliphatic heterocycles. The van der Waals surface area contributed by atoms with Gasteiger partial charge in [-0.3, -0.25) is 9.78 Å². The first-order chi connectivity index (χ1) is 14.9. The molecule has 0 radical (unpaired) electrons. The molecule has 4 rings (SSSR count). The van der Waals surface area contributed by atoms with Crippen molar-refractivity contribution in [3.63, 3.8) is 0 Å². The maximum atomic E-state index is 11.7. The van der Waals surface area contributed by atoms with Crippen LogP contribution in [0.5, 0.6) is 5.75 Å². The number of benzene rings is 1. The number of nitrogens with two attached hydrogens (primary N) is 1. The van der Waals surface area contributed by atoms with E-state index >= 15 is 0 Å². The zero-order valence-corrected chi connectivity index (χ0v) is 18.5. The summed E-state index contributed by atoms with van der Waals surface area (Å²) in [4.78, 5) is 20.5. The number of pyridine rings is 2. The van der Waals surface area contributed by atoms with Crippen molar-refractivity contribution in [3.05, 3.63) is 70.1 Å². The summed E-state index contributed by atoms with van der Waals surface area (Å²) in [5, 5.41) is 4.19. The fraction of sp³-hybridized carbons (Fsp3) is 0.261. The van der Waals surface area contributed by atoms with Gasteiger partial charge in [0.2, 0.25) is 0 Å². The molecule has 3 aromatic rings. The van der Waals surface area contributed by atoms with Gasteiger partial charge in [-0.1, -0.05) is 35.3 Å². The van der Waals surface area contributed by atoms with E-state index in [0.29, 0.717) is 34.3 Å². The molecule has 1 aromatic carbocycles.